The van der Waals surface area contributed by atoms with Crippen LogP contribution < -0.4 is 11.1 Å². The fourth-order valence-electron chi connectivity index (χ4n) is 2.72. The van der Waals surface area contributed by atoms with E-state index in [2.05, 4.69) is 11.9 Å². The van der Waals surface area contributed by atoms with E-state index in [9.17, 15) is 9.59 Å². The zero-order chi connectivity index (χ0) is 12.4. The molecule has 2 amide bonds. The van der Waals surface area contributed by atoms with Gasteiger partial charge < -0.3 is 16.0 Å². The molecule has 2 saturated heterocycles. The van der Waals surface area contributed by atoms with Crippen molar-refractivity contribution in [3.05, 3.63) is 12.7 Å². The van der Waals surface area contributed by atoms with Gasteiger partial charge in [-0.1, -0.05) is 6.08 Å². The Morgan fingerprint density at radius 2 is 2.47 bits per heavy atom. The van der Waals surface area contributed by atoms with Crippen LogP contribution in [0.5, 0.6) is 0 Å². The molecule has 3 atom stereocenters. The molecule has 5 heteroatoms. The maximum atomic E-state index is 12.2. The van der Waals surface area contributed by atoms with E-state index in [0.29, 0.717) is 19.5 Å². The lowest BCUT2D eigenvalue weighted by molar-refractivity contribution is -0.138. The lowest BCUT2D eigenvalue weighted by Gasteiger charge is -2.37. The Hall–Kier alpha value is -1.36. The van der Waals surface area contributed by atoms with Crippen LogP contribution in [-0.2, 0) is 9.59 Å². The highest BCUT2D eigenvalue weighted by atomic mass is 16.2. The molecule has 0 aromatic rings. The molecule has 0 aromatic heterocycles. The van der Waals surface area contributed by atoms with Gasteiger partial charge in [-0.2, -0.15) is 0 Å². The lowest BCUT2D eigenvalue weighted by atomic mass is 9.91. The van der Waals surface area contributed by atoms with E-state index in [-0.39, 0.29) is 23.8 Å². The molecule has 0 aliphatic carbocycles. The Balaban J connectivity index is 2.07. The van der Waals surface area contributed by atoms with Gasteiger partial charge >= 0.3 is 0 Å². The number of nitrogens with two attached hydrogens (primary N) is 1. The first kappa shape index (κ1) is 12.1. The highest BCUT2D eigenvalue weighted by Gasteiger charge is 2.43. The molecule has 0 saturated carbocycles. The molecule has 0 bridgehead atoms. The third-order valence-corrected chi connectivity index (χ3v) is 3.62. The van der Waals surface area contributed by atoms with Crippen molar-refractivity contribution in [1.82, 2.24) is 10.2 Å². The molecule has 0 radical (unpaired) electrons. The van der Waals surface area contributed by atoms with Crippen LogP contribution in [0, 0.1) is 5.92 Å². The van der Waals surface area contributed by atoms with Crippen molar-refractivity contribution in [3.63, 3.8) is 0 Å². The third-order valence-electron chi connectivity index (χ3n) is 3.62. The second-order valence-electron chi connectivity index (χ2n) is 4.72. The zero-order valence-corrected chi connectivity index (χ0v) is 9.89. The number of carbonyl (C=O) groups excluding carboxylic acids is 2. The molecule has 94 valence electrons. The summed E-state index contributed by atoms with van der Waals surface area (Å²) in [5.74, 6) is -0.0236. The number of carbonyl (C=O) groups is 2. The molecule has 0 aromatic carbocycles. The molecule has 3 unspecified atom stereocenters. The summed E-state index contributed by atoms with van der Waals surface area (Å²) in [4.78, 5) is 25.5. The Kier molecular flexibility index (Phi) is 3.47. The summed E-state index contributed by atoms with van der Waals surface area (Å²) in [6.07, 6.45) is 3.88. The van der Waals surface area contributed by atoms with Gasteiger partial charge in [0.05, 0.1) is 18.0 Å². The van der Waals surface area contributed by atoms with Crippen LogP contribution in [0.1, 0.15) is 19.3 Å². The van der Waals surface area contributed by atoms with E-state index in [1.165, 1.54) is 0 Å². The molecule has 2 fully saturated rings. The number of nitrogens with one attached hydrogen (secondary N) is 1. The van der Waals surface area contributed by atoms with Gasteiger partial charge in [0.2, 0.25) is 11.8 Å². The van der Waals surface area contributed by atoms with Crippen LogP contribution >= 0.6 is 0 Å². The van der Waals surface area contributed by atoms with E-state index < -0.39 is 6.04 Å². The molecule has 2 aliphatic rings. The number of piperidine rings is 1. The molecule has 17 heavy (non-hydrogen) atoms. The molecule has 3 N–H and O–H groups in total. The molecule has 2 rings (SSSR count). The Morgan fingerprint density at radius 1 is 1.71 bits per heavy atom. The minimum Gasteiger partial charge on any atom is -0.354 e. The van der Waals surface area contributed by atoms with Gasteiger partial charge in [0.25, 0.3) is 0 Å². The quantitative estimate of drug-likeness (QED) is 0.657. The number of amides is 2. The fraction of sp³-hybridized carbons (Fsp3) is 0.667. The predicted octanol–water partition coefficient (Wildman–Crippen LogP) is -0.373. The van der Waals surface area contributed by atoms with Crippen molar-refractivity contribution in [1.29, 1.82) is 0 Å². The average molecular weight is 237 g/mol. The van der Waals surface area contributed by atoms with Crippen LogP contribution in [0.25, 0.3) is 0 Å². The summed E-state index contributed by atoms with van der Waals surface area (Å²) < 4.78 is 0. The molecule has 2 aliphatic heterocycles. The maximum absolute atomic E-state index is 12.2. The van der Waals surface area contributed by atoms with Crippen LogP contribution in [-0.4, -0.2) is 41.9 Å². The first-order chi connectivity index (χ1) is 8.15. The van der Waals surface area contributed by atoms with Crippen molar-refractivity contribution >= 4 is 11.8 Å². The molecular formula is C12H19N3O2. The van der Waals surface area contributed by atoms with E-state index in [1.807, 2.05) is 0 Å². The van der Waals surface area contributed by atoms with E-state index in [0.717, 1.165) is 12.8 Å². The zero-order valence-electron chi connectivity index (χ0n) is 9.89. The Labute approximate surface area is 101 Å². The van der Waals surface area contributed by atoms with Crippen LogP contribution in [0.2, 0.25) is 0 Å². The summed E-state index contributed by atoms with van der Waals surface area (Å²) in [7, 11) is 0. The summed E-state index contributed by atoms with van der Waals surface area (Å²) in [5, 5.41) is 2.82. The number of hydrogen-bond donors (Lipinski definition) is 2. The molecular weight excluding hydrogens is 218 g/mol. The summed E-state index contributed by atoms with van der Waals surface area (Å²) in [5.41, 5.74) is 5.81. The van der Waals surface area contributed by atoms with E-state index in [1.54, 1.807) is 11.0 Å². The third kappa shape index (κ3) is 2.20. The lowest BCUT2D eigenvalue weighted by Crippen LogP contribution is -2.53. The van der Waals surface area contributed by atoms with Crippen molar-refractivity contribution in [2.24, 2.45) is 11.7 Å². The van der Waals surface area contributed by atoms with Gasteiger partial charge in [-0.15, -0.1) is 6.58 Å². The van der Waals surface area contributed by atoms with Crippen molar-refractivity contribution < 1.29 is 9.59 Å². The van der Waals surface area contributed by atoms with Crippen molar-refractivity contribution in [3.8, 4) is 0 Å². The first-order valence-electron chi connectivity index (χ1n) is 6.10. The molecule has 0 spiro atoms. The minimum atomic E-state index is -0.526. The largest absolute Gasteiger partial charge is 0.354 e. The highest BCUT2D eigenvalue weighted by molar-refractivity contribution is 5.86. The summed E-state index contributed by atoms with van der Waals surface area (Å²) in [6, 6.07) is -0.526. The van der Waals surface area contributed by atoms with Crippen LogP contribution in [0.15, 0.2) is 12.7 Å². The topological polar surface area (TPSA) is 75.4 Å². The second kappa shape index (κ2) is 4.87. The molecule has 2 heterocycles. The monoisotopic (exact) mass is 237 g/mol. The van der Waals surface area contributed by atoms with Gasteiger partial charge in [-0.05, 0) is 19.3 Å². The minimum absolute atomic E-state index is 0.000356. The first-order valence-corrected chi connectivity index (χ1v) is 6.10. The maximum Gasteiger partial charge on any atom is 0.240 e. The smallest absolute Gasteiger partial charge is 0.240 e. The summed E-state index contributed by atoms with van der Waals surface area (Å²) in [6.45, 7) is 4.86. The number of fused-ring (bicyclic) bond motifs is 1. The fourth-order valence-corrected chi connectivity index (χ4v) is 2.72. The van der Waals surface area contributed by atoms with Crippen LogP contribution in [0.3, 0.4) is 0 Å². The Bertz CT molecular complexity index is 343. The van der Waals surface area contributed by atoms with E-state index >= 15 is 0 Å². The highest BCUT2D eigenvalue weighted by Crippen LogP contribution is 2.27. The van der Waals surface area contributed by atoms with Gasteiger partial charge in [-0.25, -0.2) is 0 Å². The summed E-state index contributed by atoms with van der Waals surface area (Å²) >= 11 is 0. The standard InChI is InChI=1S/C12H19N3O2/c1-2-4-9(13)12(17)15-6-3-5-8-10(15)7-14-11(8)16/h2,8-10H,1,3-7,13H2,(H,14,16). The number of hydrogen-bond acceptors (Lipinski definition) is 3. The number of rotatable bonds is 3. The number of nitrogens with zero attached hydrogens (tertiary/aromatic N) is 1. The van der Waals surface area contributed by atoms with Crippen LogP contribution in [0.4, 0.5) is 0 Å². The van der Waals surface area contributed by atoms with Gasteiger partial charge in [0.15, 0.2) is 0 Å². The van der Waals surface area contributed by atoms with Gasteiger partial charge in [-0.3, -0.25) is 9.59 Å². The van der Waals surface area contributed by atoms with Crippen molar-refractivity contribution in [2.45, 2.75) is 31.3 Å². The van der Waals surface area contributed by atoms with Crippen molar-refractivity contribution in [2.75, 3.05) is 13.1 Å². The van der Waals surface area contributed by atoms with Gasteiger partial charge in [0, 0.05) is 13.1 Å². The average Bonchev–Trinajstić information content (AvgIpc) is 2.71. The predicted molar refractivity (Wildman–Crippen MR) is 64.0 cm³/mol. The molecule has 5 nitrogen and oxygen atoms in total. The van der Waals surface area contributed by atoms with E-state index in [4.69, 9.17) is 5.73 Å². The number of likely N-dealkylation sites (tertiary alicyclic amines) is 1. The second-order valence-corrected chi connectivity index (χ2v) is 4.72. The van der Waals surface area contributed by atoms with Gasteiger partial charge in [0.1, 0.15) is 0 Å². The normalized spacial score (nSPS) is 29.5. The SMILES string of the molecule is C=CCC(N)C(=O)N1CCCC2C(=O)NCC21. The Morgan fingerprint density at radius 3 is 3.18 bits per heavy atom.